The molecule has 2 atom stereocenters. The lowest BCUT2D eigenvalue weighted by Gasteiger charge is -2.29. The van der Waals surface area contributed by atoms with Gasteiger partial charge in [0.1, 0.15) is 0 Å². The third kappa shape index (κ3) is 1.77. The highest BCUT2D eigenvalue weighted by molar-refractivity contribution is 7.71. The summed E-state index contributed by atoms with van der Waals surface area (Å²) in [5.74, 6) is 0.547. The highest BCUT2D eigenvalue weighted by atomic mass is 32.1. The predicted octanol–water partition coefficient (Wildman–Crippen LogP) is 2.45. The van der Waals surface area contributed by atoms with Crippen LogP contribution in [0.2, 0.25) is 0 Å². The van der Waals surface area contributed by atoms with Crippen LogP contribution in [0.4, 0.5) is 0 Å². The number of nitrogens with one attached hydrogen (secondary N) is 1. The first kappa shape index (κ1) is 9.93. The van der Waals surface area contributed by atoms with Crippen molar-refractivity contribution in [3.63, 3.8) is 0 Å². The Kier molecular flexibility index (Phi) is 2.74. The van der Waals surface area contributed by atoms with E-state index in [4.69, 9.17) is 17.0 Å². The molecule has 1 aromatic rings. The minimum Gasteiger partial charge on any atom is -0.381 e. The molecule has 0 saturated carbocycles. The molecule has 1 saturated heterocycles. The quantitative estimate of drug-likeness (QED) is 0.725. The van der Waals surface area contributed by atoms with Crippen LogP contribution in [-0.4, -0.2) is 22.8 Å². The lowest BCUT2D eigenvalue weighted by Crippen LogP contribution is -2.27. The third-order valence-corrected chi connectivity index (χ3v) is 3.14. The van der Waals surface area contributed by atoms with Gasteiger partial charge in [-0.15, -0.1) is 0 Å². The van der Waals surface area contributed by atoms with Gasteiger partial charge in [0.05, 0.1) is 6.61 Å². The van der Waals surface area contributed by atoms with Gasteiger partial charge in [-0.25, -0.2) is 0 Å². The Morgan fingerprint density at radius 2 is 2.43 bits per heavy atom. The Bertz CT molecular complexity index is 368. The summed E-state index contributed by atoms with van der Waals surface area (Å²) in [4.78, 5) is 3.16. The predicted molar refractivity (Wildman–Crippen MR) is 58.0 cm³/mol. The Balaban J connectivity index is 2.29. The van der Waals surface area contributed by atoms with E-state index in [1.54, 1.807) is 0 Å². The molecule has 0 amide bonds. The van der Waals surface area contributed by atoms with Crippen LogP contribution < -0.4 is 0 Å². The van der Waals surface area contributed by atoms with Gasteiger partial charge in [-0.1, -0.05) is 6.92 Å². The molecule has 1 N–H and O–H groups in total. The molecule has 2 unspecified atom stereocenters. The summed E-state index contributed by atoms with van der Waals surface area (Å²) in [6, 6.07) is 0.501. The van der Waals surface area contributed by atoms with Crippen LogP contribution in [0, 0.1) is 17.6 Å². The maximum atomic E-state index is 5.42. The molecule has 2 rings (SSSR count). The van der Waals surface area contributed by atoms with E-state index in [0.29, 0.717) is 12.0 Å². The van der Waals surface area contributed by atoms with Crippen molar-refractivity contribution in [1.29, 1.82) is 0 Å². The Morgan fingerprint density at radius 3 is 3.00 bits per heavy atom. The van der Waals surface area contributed by atoms with Gasteiger partial charge in [0.15, 0.2) is 4.77 Å². The zero-order valence-electron chi connectivity index (χ0n) is 8.62. The minimum atomic E-state index is 0.501. The molecule has 0 aromatic carbocycles. The van der Waals surface area contributed by atoms with Crippen molar-refractivity contribution in [2.45, 2.75) is 26.3 Å². The number of hydrogen-bond acceptors (Lipinski definition) is 2. The van der Waals surface area contributed by atoms with Crippen molar-refractivity contribution in [3.05, 3.63) is 16.7 Å². The topological polar surface area (TPSA) is 29.9 Å². The molecule has 1 aliphatic heterocycles. The molecule has 14 heavy (non-hydrogen) atoms. The second-order valence-corrected chi connectivity index (χ2v) is 4.44. The normalized spacial score (nSPS) is 27.9. The van der Waals surface area contributed by atoms with Gasteiger partial charge in [0.2, 0.25) is 0 Å². The van der Waals surface area contributed by atoms with Gasteiger partial charge >= 0.3 is 0 Å². The van der Waals surface area contributed by atoms with E-state index in [1.165, 1.54) is 0 Å². The zero-order valence-corrected chi connectivity index (χ0v) is 9.43. The summed E-state index contributed by atoms with van der Waals surface area (Å²) in [5.41, 5.74) is 1.13. The van der Waals surface area contributed by atoms with E-state index >= 15 is 0 Å². The van der Waals surface area contributed by atoms with Crippen molar-refractivity contribution >= 4 is 12.2 Å². The highest BCUT2D eigenvalue weighted by Crippen LogP contribution is 2.26. The molecule has 3 nitrogen and oxygen atoms in total. The zero-order chi connectivity index (χ0) is 10.1. The maximum Gasteiger partial charge on any atom is 0.177 e. The number of imidazole rings is 1. The van der Waals surface area contributed by atoms with Crippen molar-refractivity contribution < 1.29 is 4.74 Å². The third-order valence-electron chi connectivity index (χ3n) is 2.82. The number of rotatable bonds is 1. The van der Waals surface area contributed by atoms with E-state index in [1.807, 2.05) is 6.92 Å². The fraction of sp³-hybridized carbons (Fsp3) is 0.700. The number of aryl methyl sites for hydroxylation is 1. The van der Waals surface area contributed by atoms with Crippen molar-refractivity contribution in [2.75, 3.05) is 13.2 Å². The van der Waals surface area contributed by atoms with Crippen LogP contribution in [0.1, 0.15) is 25.1 Å². The van der Waals surface area contributed by atoms with Gasteiger partial charge in [-0.2, -0.15) is 0 Å². The monoisotopic (exact) mass is 212 g/mol. The Morgan fingerprint density at radius 1 is 1.64 bits per heavy atom. The first-order valence-electron chi connectivity index (χ1n) is 5.04. The maximum absolute atomic E-state index is 5.42. The average molecular weight is 212 g/mol. The number of nitrogens with zero attached hydrogens (tertiary/aromatic N) is 1. The molecule has 1 aliphatic rings. The summed E-state index contributed by atoms with van der Waals surface area (Å²) in [5, 5.41) is 0. The first-order chi connectivity index (χ1) is 6.68. The van der Waals surface area contributed by atoms with Gasteiger partial charge < -0.3 is 14.3 Å². The number of ether oxygens (including phenoxy) is 1. The van der Waals surface area contributed by atoms with E-state index in [0.717, 1.165) is 30.1 Å². The fourth-order valence-corrected chi connectivity index (χ4v) is 2.41. The summed E-state index contributed by atoms with van der Waals surface area (Å²) in [6.07, 6.45) is 3.17. The van der Waals surface area contributed by atoms with Crippen LogP contribution >= 0.6 is 12.2 Å². The molecule has 0 bridgehead atoms. The van der Waals surface area contributed by atoms with Gasteiger partial charge in [0.25, 0.3) is 0 Å². The lowest BCUT2D eigenvalue weighted by molar-refractivity contribution is 0.0282. The minimum absolute atomic E-state index is 0.501. The van der Waals surface area contributed by atoms with Crippen LogP contribution in [0.5, 0.6) is 0 Å². The van der Waals surface area contributed by atoms with E-state index < -0.39 is 0 Å². The van der Waals surface area contributed by atoms with Crippen molar-refractivity contribution in [2.24, 2.45) is 5.92 Å². The van der Waals surface area contributed by atoms with Gasteiger partial charge in [-0.05, 0) is 25.6 Å². The van der Waals surface area contributed by atoms with Crippen LogP contribution in [0.25, 0.3) is 0 Å². The van der Waals surface area contributed by atoms with Crippen LogP contribution in [-0.2, 0) is 4.74 Å². The molecular weight excluding hydrogens is 196 g/mol. The average Bonchev–Trinajstić information content (AvgIpc) is 2.46. The largest absolute Gasteiger partial charge is 0.381 e. The summed E-state index contributed by atoms with van der Waals surface area (Å²) < 4.78 is 8.44. The van der Waals surface area contributed by atoms with Crippen molar-refractivity contribution in [3.8, 4) is 0 Å². The lowest BCUT2D eigenvalue weighted by atomic mass is 9.98. The van der Waals surface area contributed by atoms with Crippen molar-refractivity contribution in [1.82, 2.24) is 9.55 Å². The molecule has 78 valence electrons. The molecule has 0 spiro atoms. The molecule has 4 heteroatoms. The molecule has 0 radical (unpaired) electrons. The van der Waals surface area contributed by atoms with E-state index in [2.05, 4.69) is 22.7 Å². The van der Waals surface area contributed by atoms with E-state index in [-0.39, 0.29) is 0 Å². The number of hydrogen-bond donors (Lipinski definition) is 1. The molecule has 2 heterocycles. The summed E-state index contributed by atoms with van der Waals surface area (Å²) in [6.45, 7) is 5.95. The van der Waals surface area contributed by atoms with Crippen LogP contribution in [0.3, 0.4) is 0 Å². The van der Waals surface area contributed by atoms with Gasteiger partial charge in [-0.3, -0.25) is 0 Å². The number of aromatic amines is 1. The summed E-state index contributed by atoms with van der Waals surface area (Å²) >= 11 is 5.27. The van der Waals surface area contributed by atoms with E-state index in [9.17, 15) is 0 Å². The SMILES string of the molecule is Cc1cn(C2CCOCC2C)c(=S)[nH]1. The summed E-state index contributed by atoms with van der Waals surface area (Å²) in [7, 11) is 0. The highest BCUT2D eigenvalue weighted by Gasteiger charge is 2.23. The Hall–Kier alpha value is -0.610. The standard InChI is InChI=1S/C10H16N2OS/c1-7-6-13-4-3-9(7)12-5-8(2)11-10(12)14/h5,7,9H,3-4,6H2,1-2H3,(H,11,14). The number of H-pyrrole nitrogens is 1. The first-order valence-corrected chi connectivity index (χ1v) is 5.45. The van der Waals surface area contributed by atoms with Gasteiger partial charge in [0, 0.05) is 30.5 Å². The molecule has 1 fully saturated rings. The second kappa shape index (κ2) is 3.87. The molecular formula is C10H16N2OS. The fourth-order valence-electron chi connectivity index (χ4n) is 2.06. The Labute approximate surface area is 89.1 Å². The van der Waals surface area contributed by atoms with Crippen LogP contribution in [0.15, 0.2) is 6.20 Å². The molecule has 0 aliphatic carbocycles. The number of aromatic nitrogens is 2. The smallest absolute Gasteiger partial charge is 0.177 e. The molecule has 1 aromatic heterocycles. The second-order valence-electron chi connectivity index (χ2n) is 4.06.